The zero-order chi connectivity index (χ0) is 56.7. The molecule has 4 atom stereocenters. The van der Waals surface area contributed by atoms with E-state index in [1.807, 2.05) is 62.4 Å². The van der Waals surface area contributed by atoms with E-state index >= 15 is 0 Å². The van der Waals surface area contributed by atoms with Gasteiger partial charge in [-0.05, 0) is 128 Å². The van der Waals surface area contributed by atoms with Crippen LogP contribution >= 0.6 is 11.3 Å². The van der Waals surface area contributed by atoms with Crippen LogP contribution in [0.1, 0.15) is 102 Å². The van der Waals surface area contributed by atoms with Crippen LogP contribution in [-0.2, 0) is 40.0 Å². The molecule has 2 saturated carbocycles. The number of likely N-dealkylation sites (tertiary alicyclic amines) is 2. The molecule has 0 radical (unpaired) electrons. The third kappa shape index (κ3) is 14.3. The molecule has 80 heavy (non-hydrogen) atoms. The van der Waals surface area contributed by atoms with Crippen molar-refractivity contribution in [3.63, 3.8) is 0 Å². The number of nitrogens with one attached hydrogen (secondary N) is 3. The second kappa shape index (κ2) is 25.5. The number of aromatic nitrogens is 2. The number of anilines is 1. The fraction of sp³-hybridized carbons (Fsp3) is 0.517. The monoisotopic (exact) mass is 1120 g/mol. The molecule has 20 heteroatoms. The number of β-amino-alcohol motifs (C(OH)–C–C–N with tert-alkyl or cyclic N) is 1. The zero-order valence-corrected chi connectivity index (χ0v) is 47.0. The SMILES string of the molecule is Cc1ncsc1-c1ccc(CNC(=O)[C@@H]2C[C@@H](O)CN2C(=O)[C@@H](NC(=O)C2(F)CC2)C(C)(C)C)c(OCCOCCOCCC(=O)N2CC(Oc3ccc(NC(=O)[C@H](C)C4CCC(c5ccnc6ccc(F)cc56)CC4)cc3)C2)c1. The highest BCUT2D eigenvalue weighted by molar-refractivity contribution is 7.13. The summed E-state index contributed by atoms with van der Waals surface area (Å²) in [7, 11) is 0. The fourth-order valence-electron chi connectivity index (χ4n) is 10.8. The van der Waals surface area contributed by atoms with Crippen molar-refractivity contribution in [3.8, 4) is 21.9 Å². The number of aliphatic hydroxyl groups excluding tert-OH is 1. The molecule has 17 nitrogen and oxygen atoms in total. The van der Waals surface area contributed by atoms with Crippen LogP contribution in [0.2, 0.25) is 0 Å². The highest BCUT2D eigenvalue weighted by Gasteiger charge is 2.53. The summed E-state index contributed by atoms with van der Waals surface area (Å²) in [5.74, 6) is -0.664. The van der Waals surface area contributed by atoms with Gasteiger partial charge >= 0.3 is 0 Å². The van der Waals surface area contributed by atoms with Gasteiger partial charge in [0.25, 0.3) is 5.91 Å². The Morgan fingerprint density at radius 3 is 2.31 bits per heavy atom. The normalized spacial score (nSPS) is 20.6. The summed E-state index contributed by atoms with van der Waals surface area (Å²) in [6.07, 6.45) is 4.78. The number of nitrogens with zero attached hydrogens (tertiary/aromatic N) is 4. The number of halogens is 2. The van der Waals surface area contributed by atoms with Crippen molar-refractivity contribution in [1.29, 1.82) is 0 Å². The number of hydrogen-bond acceptors (Lipinski definition) is 13. The van der Waals surface area contributed by atoms with Crippen LogP contribution in [0.15, 0.2) is 78.4 Å². The van der Waals surface area contributed by atoms with Crippen LogP contribution in [0.3, 0.4) is 0 Å². The Kier molecular flexibility index (Phi) is 18.5. The van der Waals surface area contributed by atoms with E-state index in [-0.39, 0.29) is 107 Å². The number of hydrogen-bond donors (Lipinski definition) is 4. The molecule has 0 bridgehead atoms. The number of alkyl halides is 1. The zero-order valence-electron chi connectivity index (χ0n) is 46.1. The van der Waals surface area contributed by atoms with E-state index in [4.69, 9.17) is 18.9 Å². The van der Waals surface area contributed by atoms with E-state index in [1.165, 1.54) is 22.3 Å². The Hall–Kier alpha value is -6.61. The summed E-state index contributed by atoms with van der Waals surface area (Å²) in [6.45, 7) is 11.2. The number of benzene rings is 3. The molecule has 3 aromatic carbocycles. The van der Waals surface area contributed by atoms with Crippen molar-refractivity contribution in [1.82, 2.24) is 30.4 Å². The molecule has 5 aromatic rings. The molecule has 4 heterocycles. The summed E-state index contributed by atoms with van der Waals surface area (Å²) < 4.78 is 52.5. The summed E-state index contributed by atoms with van der Waals surface area (Å²) in [6, 6.07) is 17.6. The molecule has 2 aliphatic heterocycles. The molecule has 4 aliphatic rings. The number of carbonyl (C=O) groups excluding carboxylic acids is 5. The van der Waals surface area contributed by atoms with Gasteiger partial charge in [0.15, 0.2) is 5.67 Å². The standard InChI is InChI=1S/C60H73F2N7O10S/c1-36(38-6-8-39(9-7-38)47-18-22-63-49-17-12-42(61)29-48(47)49)55(72)66-43-13-15-45(16-14-43)79-46-33-68(34-46)52(71)19-23-76-24-25-77-26-27-78-51-28-40(53-37(2)65-35-80-53)10-11-41(51)31-64-56(73)50-30-44(70)32-69(50)57(74)54(59(3,4)5)67-58(75)60(62)20-21-60/h10-18,22,28-29,35-36,38-39,44,46,50,54,70H,6-9,19-21,23-27,30-34H2,1-5H3,(H,64,73)(H,66,72)(H,67,75)/t36-,38?,39?,44-,50+,54-/m1/s1. The first kappa shape index (κ1) is 58.1. The summed E-state index contributed by atoms with van der Waals surface area (Å²) in [5.41, 5.74) is 4.00. The molecule has 5 amide bonds. The molecule has 9 rings (SSSR count). The Morgan fingerprint density at radius 1 is 0.887 bits per heavy atom. The van der Waals surface area contributed by atoms with Crippen molar-refractivity contribution in [2.24, 2.45) is 17.3 Å². The third-order valence-electron chi connectivity index (χ3n) is 15.9. The molecule has 2 aromatic heterocycles. The Balaban J connectivity index is 0.654. The van der Waals surface area contributed by atoms with Gasteiger partial charge in [0, 0.05) is 48.3 Å². The maximum atomic E-state index is 14.7. The maximum absolute atomic E-state index is 14.7. The Labute approximate surface area is 469 Å². The number of aryl methyl sites for hydroxylation is 1. The highest BCUT2D eigenvalue weighted by atomic mass is 32.1. The molecular weight excluding hydrogens is 1050 g/mol. The van der Waals surface area contributed by atoms with Gasteiger partial charge in [-0.1, -0.05) is 39.8 Å². The quantitative estimate of drug-likeness (QED) is 0.0458. The minimum Gasteiger partial charge on any atom is -0.491 e. The molecule has 2 saturated heterocycles. The van der Waals surface area contributed by atoms with E-state index in [9.17, 15) is 37.9 Å². The fourth-order valence-corrected chi connectivity index (χ4v) is 11.6. The lowest BCUT2D eigenvalue weighted by Gasteiger charge is -2.39. The van der Waals surface area contributed by atoms with Gasteiger partial charge in [-0.3, -0.25) is 29.0 Å². The first-order valence-electron chi connectivity index (χ1n) is 27.8. The van der Waals surface area contributed by atoms with Gasteiger partial charge in [0.1, 0.15) is 42.1 Å². The summed E-state index contributed by atoms with van der Waals surface area (Å²) >= 11 is 1.49. The topological polar surface area (TPSA) is 211 Å². The van der Waals surface area contributed by atoms with E-state index in [1.54, 1.807) is 49.5 Å². The predicted octanol–water partition coefficient (Wildman–Crippen LogP) is 8.06. The number of thiazole rings is 1. The molecule has 4 fully saturated rings. The van der Waals surface area contributed by atoms with E-state index in [0.29, 0.717) is 41.8 Å². The van der Waals surface area contributed by atoms with Crippen LogP contribution in [0.5, 0.6) is 11.5 Å². The smallest absolute Gasteiger partial charge is 0.258 e. The lowest BCUT2D eigenvalue weighted by atomic mass is 9.73. The largest absolute Gasteiger partial charge is 0.491 e. The third-order valence-corrected chi connectivity index (χ3v) is 16.9. The predicted molar refractivity (Wildman–Crippen MR) is 298 cm³/mol. The number of aliphatic hydroxyl groups is 1. The van der Waals surface area contributed by atoms with Gasteiger partial charge < -0.3 is 49.8 Å². The first-order valence-corrected chi connectivity index (χ1v) is 28.7. The molecule has 0 spiro atoms. The number of amides is 5. The maximum Gasteiger partial charge on any atom is 0.258 e. The molecule has 428 valence electrons. The Bertz CT molecular complexity index is 3010. The average Bonchev–Trinajstić information content (AvgIpc) is 3.89. The second-order valence-corrected chi connectivity index (χ2v) is 23.6. The van der Waals surface area contributed by atoms with E-state index < -0.39 is 47.0 Å². The van der Waals surface area contributed by atoms with Crippen LogP contribution in [0, 0.1) is 30.0 Å². The molecular formula is C60H73F2N7O10S. The van der Waals surface area contributed by atoms with Crippen LogP contribution in [-0.4, -0.2) is 137 Å². The lowest BCUT2D eigenvalue weighted by Crippen LogP contribution is -2.59. The Morgan fingerprint density at radius 2 is 1.61 bits per heavy atom. The van der Waals surface area contributed by atoms with Crippen LogP contribution < -0.4 is 25.4 Å². The number of fused-ring (bicyclic) bond motifs is 1. The lowest BCUT2D eigenvalue weighted by molar-refractivity contribution is -0.145. The van der Waals surface area contributed by atoms with E-state index in [2.05, 4.69) is 25.9 Å². The number of rotatable bonds is 23. The van der Waals surface area contributed by atoms with Crippen molar-refractivity contribution in [3.05, 3.63) is 101 Å². The van der Waals surface area contributed by atoms with Crippen molar-refractivity contribution < 1.29 is 56.8 Å². The van der Waals surface area contributed by atoms with Crippen molar-refractivity contribution in [2.75, 3.05) is 58.0 Å². The van der Waals surface area contributed by atoms with E-state index in [0.717, 1.165) is 58.3 Å². The van der Waals surface area contributed by atoms with Gasteiger partial charge in [-0.2, -0.15) is 0 Å². The van der Waals surface area contributed by atoms with Crippen LogP contribution in [0.4, 0.5) is 14.5 Å². The van der Waals surface area contributed by atoms with Crippen molar-refractivity contribution >= 4 is 57.5 Å². The molecule has 0 unspecified atom stereocenters. The summed E-state index contributed by atoms with van der Waals surface area (Å²) in [5, 5.41) is 20.1. The minimum atomic E-state index is -1.99. The van der Waals surface area contributed by atoms with Crippen molar-refractivity contribution in [2.45, 2.75) is 128 Å². The van der Waals surface area contributed by atoms with Crippen LogP contribution in [0.25, 0.3) is 21.3 Å². The van der Waals surface area contributed by atoms with Gasteiger partial charge in [-0.25, -0.2) is 13.8 Å². The van der Waals surface area contributed by atoms with Gasteiger partial charge in [0.05, 0.1) is 73.6 Å². The number of carbonyl (C=O) groups is 5. The van der Waals surface area contributed by atoms with Gasteiger partial charge in [-0.15, -0.1) is 11.3 Å². The average molecular weight is 1120 g/mol. The van der Waals surface area contributed by atoms with Gasteiger partial charge in [0.2, 0.25) is 23.6 Å². The highest BCUT2D eigenvalue weighted by Crippen LogP contribution is 2.42. The first-order chi connectivity index (χ1) is 38.3. The molecule has 4 N–H and O–H groups in total. The number of pyridine rings is 1. The summed E-state index contributed by atoms with van der Waals surface area (Å²) in [4.78, 5) is 79.3. The molecule has 2 aliphatic carbocycles. The number of ether oxygens (including phenoxy) is 4. The minimum absolute atomic E-state index is 0.000411. The second-order valence-electron chi connectivity index (χ2n) is 22.8.